The van der Waals surface area contributed by atoms with Crippen molar-refractivity contribution >= 4 is 12.0 Å². The van der Waals surface area contributed by atoms with Crippen LogP contribution in [0.4, 0.5) is 0 Å². The molecule has 0 saturated heterocycles. The van der Waals surface area contributed by atoms with Crippen molar-refractivity contribution in [2.75, 3.05) is 14.2 Å². The number of aliphatic hydroxyl groups excluding tert-OH is 2. The number of aromatic carboxylic acids is 1. The van der Waals surface area contributed by atoms with E-state index in [4.69, 9.17) is 9.47 Å². The molecule has 0 fully saturated rings. The summed E-state index contributed by atoms with van der Waals surface area (Å²) < 4.78 is 10.3. The van der Waals surface area contributed by atoms with Crippen molar-refractivity contribution in [1.82, 2.24) is 0 Å². The molecule has 146 valence electrons. The molecule has 6 nitrogen and oxygen atoms in total. The summed E-state index contributed by atoms with van der Waals surface area (Å²) in [4.78, 5) is 11.5. The number of hydrogen-bond donors (Lipinski definition) is 3. The molecule has 0 heterocycles. The Hall–Kier alpha value is -2.05. The van der Waals surface area contributed by atoms with E-state index in [1.54, 1.807) is 25.1 Å². The van der Waals surface area contributed by atoms with Crippen molar-refractivity contribution in [2.45, 2.75) is 57.7 Å². The second kappa shape index (κ2) is 11.5. The monoisotopic (exact) mass is 366 g/mol. The minimum atomic E-state index is -1.06. The fraction of sp³-hybridized carbons (Fsp3) is 0.550. The van der Waals surface area contributed by atoms with Gasteiger partial charge in [-0.1, -0.05) is 12.2 Å². The summed E-state index contributed by atoms with van der Waals surface area (Å²) in [7, 11) is 2.94. The van der Waals surface area contributed by atoms with Crippen LogP contribution in [0.5, 0.6) is 11.5 Å². The number of aliphatic hydroxyl groups is 2. The van der Waals surface area contributed by atoms with Crippen LogP contribution in [0.25, 0.3) is 6.08 Å². The van der Waals surface area contributed by atoms with E-state index in [1.165, 1.54) is 14.2 Å². The smallest absolute Gasteiger partial charge is 0.340 e. The number of carboxylic acids is 1. The van der Waals surface area contributed by atoms with Gasteiger partial charge in [-0.15, -0.1) is 0 Å². The molecule has 1 aromatic carbocycles. The minimum absolute atomic E-state index is 0.0997. The topological polar surface area (TPSA) is 96.2 Å². The quantitative estimate of drug-likeness (QED) is 0.490. The standard InChI is InChI=1S/C20H30O6/c1-14(21)8-7-11-16(22)10-6-4-5-9-15-12-17(25-2)13-18(26-3)19(15)20(23)24/h5,9,12-14,16,21-22H,4,6-8,10-11H2,1-3H3,(H,23,24)/b9-5+/t14-,16-/m0/s1. The van der Waals surface area contributed by atoms with E-state index in [9.17, 15) is 20.1 Å². The first-order valence-electron chi connectivity index (χ1n) is 8.91. The third-order valence-electron chi connectivity index (χ3n) is 4.14. The van der Waals surface area contributed by atoms with Gasteiger partial charge in [0.05, 0.1) is 26.4 Å². The van der Waals surface area contributed by atoms with Gasteiger partial charge < -0.3 is 24.8 Å². The van der Waals surface area contributed by atoms with Gasteiger partial charge >= 0.3 is 5.97 Å². The Balaban J connectivity index is 2.61. The first-order chi connectivity index (χ1) is 12.4. The first kappa shape index (κ1) is 22.0. The molecule has 0 radical (unpaired) electrons. The molecule has 2 atom stereocenters. The van der Waals surface area contributed by atoms with Gasteiger partial charge in [-0.2, -0.15) is 0 Å². The molecule has 0 aromatic heterocycles. The lowest BCUT2D eigenvalue weighted by atomic mass is 10.0. The molecule has 3 N–H and O–H groups in total. The number of methoxy groups -OCH3 is 2. The largest absolute Gasteiger partial charge is 0.497 e. The SMILES string of the molecule is COc1cc(/C=C/CCC[C@H](O)CCC[C@H](C)O)c(C(=O)O)c(OC)c1. The summed E-state index contributed by atoms with van der Waals surface area (Å²) >= 11 is 0. The second-order valence-corrected chi connectivity index (χ2v) is 6.37. The Bertz CT molecular complexity index is 594. The molecule has 0 aliphatic carbocycles. The number of allylic oxidation sites excluding steroid dienone is 1. The molecule has 0 amide bonds. The zero-order valence-corrected chi connectivity index (χ0v) is 15.8. The molecule has 0 aliphatic rings. The lowest BCUT2D eigenvalue weighted by Crippen LogP contribution is -2.08. The molecular formula is C20H30O6. The van der Waals surface area contributed by atoms with Gasteiger partial charge in [0.25, 0.3) is 0 Å². The van der Waals surface area contributed by atoms with Crippen LogP contribution in [0.15, 0.2) is 18.2 Å². The van der Waals surface area contributed by atoms with Crippen molar-refractivity contribution in [1.29, 1.82) is 0 Å². The summed E-state index contributed by atoms with van der Waals surface area (Å²) in [6.07, 6.45) is 7.34. The fourth-order valence-corrected chi connectivity index (χ4v) is 2.72. The molecule has 0 spiro atoms. The van der Waals surface area contributed by atoms with Gasteiger partial charge in [-0.05, 0) is 57.1 Å². The van der Waals surface area contributed by atoms with Crippen molar-refractivity contribution in [3.05, 3.63) is 29.3 Å². The molecule has 1 aromatic rings. The molecule has 0 unspecified atom stereocenters. The molecule has 1 rings (SSSR count). The van der Waals surface area contributed by atoms with E-state index in [0.717, 1.165) is 19.3 Å². The van der Waals surface area contributed by atoms with Gasteiger partial charge in [0.2, 0.25) is 0 Å². The van der Waals surface area contributed by atoms with Crippen molar-refractivity contribution < 1.29 is 29.6 Å². The molecule has 26 heavy (non-hydrogen) atoms. The maximum absolute atomic E-state index is 11.5. The van der Waals surface area contributed by atoms with E-state index in [1.807, 2.05) is 6.08 Å². The summed E-state index contributed by atoms with van der Waals surface area (Å²) in [6, 6.07) is 3.21. The summed E-state index contributed by atoms with van der Waals surface area (Å²) in [5, 5.41) is 28.6. The van der Waals surface area contributed by atoms with Crippen LogP contribution in [0, 0.1) is 0 Å². The zero-order valence-electron chi connectivity index (χ0n) is 15.8. The number of carbonyl (C=O) groups is 1. The van der Waals surface area contributed by atoms with Gasteiger partial charge in [-0.25, -0.2) is 4.79 Å². The zero-order chi connectivity index (χ0) is 19.5. The molecule has 0 saturated carbocycles. The third kappa shape index (κ3) is 7.45. The lowest BCUT2D eigenvalue weighted by Gasteiger charge is -2.11. The van der Waals surface area contributed by atoms with E-state index in [-0.39, 0.29) is 23.5 Å². The molecule has 0 bridgehead atoms. The Morgan fingerprint density at radius 1 is 1.12 bits per heavy atom. The number of hydrogen-bond acceptors (Lipinski definition) is 5. The van der Waals surface area contributed by atoms with Crippen LogP contribution in [-0.2, 0) is 0 Å². The maximum Gasteiger partial charge on any atom is 0.340 e. The third-order valence-corrected chi connectivity index (χ3v) is 4.14. The van der Waals surface area contributed by atoms with Gasteiger partial charge in [0.1, 0.15) is 17.1 Å². The predicted octanol–water partition coefficient (Wildman–Crippen LogP) is 3.50. The normalized spacial score (nSPS) is 13.6. The second-order valence-electron chi connectivity index (χ2n) is 6.37. The number of unbranched alkanes of at least 4 members (excludes halogenated alkanes) is 1. The number of carboxylic acid groups (broad SMARTS) is 1. The van der Waals surface area contributed by atoms with E-state index in [0.29, 0.717) is 30.6 Å². The Labute approximate surface area is 155 Å². The van der Waals surface area contributed by atoms with Gasteiger partial charge in [0.15, 0.2) is 0 Å². The highest BCUT2D eigenvalue weighted by Crippen LogP contribution is 2.30. The first-order valence-corrected chi connectivity index (χ1v) is 8.91. The highest BCUT2D eigenvalue weighted by molar-refractivity contribution is 5.95. The lowest BCUT2D eigenvalue weighted by molar-refractivity contribution is 0.0693. The fourth-order valence-electron chi connectivity index (χ4n) is 2.72. The van der Waals surface area contributed by atoms with Gasteiger partial charge in [-0.3, -0.25) is 0 Å². The van der Waals surface area contributed by atoms with E-state index in [2.05, 4.69) is 0 Å². The summed E-state index contributed by atoms with van der Waals surface area (Å²) in [5.74, 6) is -0.275. The Kier molecular flexibility index (Phi) is 9.76. The average Bonchev–Trinajstić information content (AvgIpc) is 2.59. The number of benzene rings is 1. The van der Waals surface area contributed by atoms with E-state index < -0.39 is 5.97 Å². The van der Waals surface area contributed by atoms with Crippen LogP contribution in [0.1, 0.15) is 61.4 Å². The number of rotatable bonds is 12. The van der Waals surface area contributed by atoms with Crippen LogP contribution < -0.4 is 9.47 Å². The number of ether oxygens (including phenoxy) is 2. The predicted molar refractivity (Wildman–Crippen MR) is 101 cm³/mol. The molecular weight excluding hydrogens is 336 g/mol. The van der Waals surface area contributed by atoms with Crippen LogP contribution in [0.3, 0.4) is 0 Å². The maximum atomic E-state index is 11.5. The average molecular weight is 366 g/mol. The Morgan fingerprint density at radius 3 is 2.38 bits per heavy atom. The van der Waals surface area contributed by atoms with Crippen LogP contribution in [0.2, 0.25) is 0 Å². The minimum Gasteiger partial charge on any atom is -0.497 e. The Morgan fingerprint density at radius 2 is 1.81 bits per heavy atom. The molecule has 0 aliphatic heterocycles. The van der Waals surface area contributed by atoms with Gasteiger partial charge in [0, 0.05) is 6.07 Å². The van der Waals surface area contributed by atoms with Crippen molar-refractivity contribution in [2.24, 2.45) is 0 Å². The highest BCUT2D eigenvalue weighted by atomic mass is 16.5. The van der Waals surface area contributed by atoms with E-state index >= 15 is 0 Å². The summed E-state index contributed by atoms with van der Waals surface area (Å²) in [5.41, 5.74) is 0.619. The highest BCUT2D eigenvalue weighted by Gasteiger charge is 2.17. The van der Waals surface area contributed by atoms with Crippen LogP contribution >= 0.6 is 0 Å². The molecule has 6 heteroatoms. The summed E-state index contributed by atoms with van der Waals surface area (Å²) in [6.45, 7) is 1.75. The van der Waals surface area contributed by atoms with Crippen molar-refractivity contribution in [3.63, 3.8) is 0 Å². The van der Waals surface area contributed by atoms with Crippen molar-refractivity contribution in [3.8, 4) is 11.5 Å². The van der Waals surface area contributed by atoms with Crippen LogP contribution in [-0.4, -0.2) is 47.7 Å².